The number of carbonyl (C=O) groups is 2. The molecular formula is C29H39N3O3. The number of likely N-dealkylation sites (N-methyl/N-ethyl adjacent to an activating group) is 1. The van der Waals surface area contributed by atoms with Gasteiger partial charge < -0.3 is 14.5 Å². The van der Waals surface area contributed by atoms with E-state index in [9.17, 15) is 9.59 Å². The van der Waals surface area contributed by atoms with Gasteiger partial charge in [0.1, 0.15) is 12.4 Å². The Morgan fingerprint density at radius 2 is 1.69 bits per heavy atom. The van der Waals surface area contributed by atoms with Gasteiger partial charge in [-0.25, -0.2) is 0 Å². The van der Waals surface area contributed by atoms with Gasteiger partial charge in [0.2, 0.25) is 5.91 Å². The minimum absolute atomic E-state index is 0.00429. The summed E-state index contributed by atoms with van der Waals surface area (Å²) in [5.41, 5.74) is 1.90. The number of nitrogens with zero attached hydrogens (tertiary/aromatic N) is 3. The van der Waals surface area contributed by atoms with E-state index in [0.29, 0.717) is 31.0 Å². The van der Waals surface area contributed by atoms with Crippen molar-refractivity contribution < 1.29 is 14.3 Å². The van der Waals surface area contributed by atoms with Gasteiger partial charge in [0.25, 0.3) is 5.91 Å². The Morgan fingerprint density at radius 1 is 0.943 bits per heavy atom. The molecule has 2 aromatic rings. The molecule has 2 aliphatic rings. The maximum atomic E-state index is 13.6. The Bertz CT molecular complexity index is 996. The Labute approximate surface area is 209 Å². The molecule has 0 bridgehead atoms. The van der Waals surface area contributed by atoms with E-state index in [2.05, 4.69) is 35.2 Å². The van der Waals surface area contributed by atoms with Gasteiger partial charge >= 0.3 is 0 Å². The lowest BCUT2D eigenvalue weighted by Gasteiger charge is -2.42. The van der Waals surface area contributed by atoms with Gasteiger partial charge in [-0.2, -0.15) is 0 Å². The zero-order chi connectivity index (χ0) is 24.7. The minimum atomic E-state index is -0.0415. The van der Waals surface area contributed by atoms with Gasteiger partial charge in [-0.05, 0) is 62.8 Å². The van der Waals surface area contributed by atoms with Crippen LogP contribution in [-0.4, -0.2) is 78.4 Å². The monoisotopic (exact) mass is 477 g/mol. The first kappa shape index (κ1) is 25.2. The molecule has 35 heavy (non-hydrogen) atoms. The molecule has 6 heteroatoms. The first-order valence-corrected chi connectivity index (χ1v) is 13.0. The molecule has 2 heterocycles. The average Bonchev–Trinajstić information content (AvgIpc) is 3.26. The first-order valence-electron chi connectivity index (χ1n) is 13.0. The van der Waals surface area contributed by atoms with E-state index in [-0.39, 0.29) is 17.4 Å². The van der Waals surface area contributed by atoms with Crippen molar-refractivity contribution in [2.45, 2.75) is 51.0 Å². The lowest BCUT2D eigenvalue weighted by Crippen LogP contribution is -2.53. The van der Waals surface area contributed by atoms with E-state index in [4.69, 9.17) is 4.74 Å². The smallest absolute Gasteiger partial charge is 0.257 e. The molecule has 2 amide bonds. The molecule has 0 aromatic heterocycles. The fraction of sp³-hybridized carbons (Fsp3) is 0.517. The van der Waals surface area contributed by atoms with Gasteiger partial charge in [-0.15, -0.1) is 0 Å². The highest BCUT2D eigenvalue weighted by atomic mass is 16.5. The summed E-state index contributed by atoms with van der Waals surface area (Å²) in [5.74, 6) is 0.659. The SMILES string of the molecule is CC(=O)N1CCCC[C@@]2(CCCN2CCc2ccccc2)CN(C)C(=O)c2ccccc2OCC1. The fourth-order valence-corrected chi connectivity index (χ4v) is 5.73. The standard InChI is InChI=1S/C29H39N3O3/c1-24(33)31-18-9-8-16-29(17-10-19-32(29)20-15-25-11-4-3-5-12-25)23-30(2)28(34)26-13-6-7-14-27(26)35-22-21-31/h3-7,11-14H,8-10,15-23H2,1-2H3/t29-/m1/s1. The molecule has 0 unspecified atom stereocenters. The maximum Gasteiger partial charge on any atom is 0.257 e. The summed E-state index contributed by atoms with van der Waals surface area (Å²) < 4.78 is 6.01. The molecule has 188 valence electrons. The van der Waals surface area contributed by atoms with Crippen molar-refractivity contribution in [2.75, 3.05) is 46.4 Å². The average molecular weight is 478 g/mol. The molecule has 0 radical (unpaired) electrons. The number of carbonyl (C=O) groups excluding carboxylic acids is 2. The zero-order valence-electron chi connectivity index (χ0n) is 21.2. The van der Waals surface area contributed by atoms with E-state index in [0.717, 1.165) is 58.2 Å². The predicted octanol–water partition coefficient (Wildman–Crippen LogP) is 4.25. The number of fused-ring (bicyclic) bond motifs is 1. The number of likely N-dealkylation sites (tertiary alicyclic amines) is 1. The third-order valence-electron chi connectivity index (χ3n) is 7.63. The van der Waals surface area contributed by atoms with Crippen LogP contribution in [0.4, 0.5) is 0 Å². The van der Waals surface area contributed by atoms with E-state index >= 15 is 0 Å². The number of rotatable bonds is 3. The van der Waals surface area contributed by atoms with Gasteiger partial charge in [-0.3, -0.25) is 14.5 Å². The number of hydrogen-bond acceptors (Lipinski definition) is 4. The Morgan fingerprint density at radius 3 is 2.49 bits per heavy atom. The third kappa shape index (κ3) is 6.23. The van der Waals surface area contributed by atoms with E-state index < -0.39 is 0 Å². The van der Waals surface area contributed by atoms with Crippen molar-refractivity contribution in [3.8, 4) is 5.75 Å². The molecule has 2 aromatic carbocycles. The van der Waals surface area contributed by atoms with Crippen LogP contribution in [-0.2, 0) is 11.2 Å². The minimum Gasteiger partial charge on any atom is -0.491 e. The van der Waals surface area contributed by atoms with Crippen LogP contribution in [0.2, 0.25) is 0 Å². The number of hydrogen-bond donors (Lipinski definition) is 0. The van der Waals surface area contributed by atoms with Gasteiger partial charge in [0.05, 0.1) is 12.1 Å². The molecule has 0 saturated carbocycles. The fourth-order valence-electron chi connectivity index (χ4n) is 5.73. The van der Waals surface area contributed by atoms with Gasteiger partial charge in [0, 0.05) is 39.1 Å². The lowest BCUT2D eigenvalue weighted by molar-refractivity contribution is -0.129. The van der Waals surface area contributed by atoms with Crippen LogP contribution in [0.5, 0.6) is 5.75 Å². The van der Waals surface area contributed by atoms with E-state index in [1.54, 1.807) is 6.92 Å². The lowest BCUT2D eigenvalue weighted by atomic mass is 9.88. The van der Waals surface area contributed by atoms with Crippen LogP contribution in [0.1, 0.15) is 54.9 Å². The van der Waals surface area contributed by atoms with Crippen LogP contribution in [0.3, 0.4) is 0 Å². The molecular weight excluding hydrogens is 438 g/mol. The summed E-state index contributed by atoms with van der Waals surface area (Å²) in [5, 5.41) is 0. The molecule has 1 spiro atoms. The summed E-state index contributed by atoms with van der Waals surface area (Å²) in [6.07, 6.45) is 6.27. The molecule has 0 N–H and O–H groups in total. The van der Waals surface area contributed by atoms with Crippen LogP contribution < -0.4 is 4.74 Å². The van der Waals surface area contributed by atoms with Crippen molar-refractivity contribution in [3.05, 3.63) is 65.7 Å². The summed E-state index contributed by atoms with van der Waals surface area (Å²) in [6.45, 7) is 6.03. The number of para-hydroxylation sites is 1. The molecule has 4 rings (SSSR count). The van der Waals surface area contributed by atoms with Crippen LogP contribution in [0.25, 0.3) is 0 Å². The van der Waals surface area contributed by atoms with Crippen molar-refractivity contribution in [2.24, 2.45) is 0 Å². The van der Waals surface area contributed by atoms with Crippen LogP contribution in [0, 0.1) is 0 Å². The van der Waals surface area contributed by atoms with E-state index in [1.165, 1.54) is 5.56 Å². The normalized spacial score (nSPS) is 22.5. The second kappa shape index (κ2) is 11.7. The Hall–Kier alpha value is -2.86. The van der Waals surface area contributed by atoms with Gasteiger partial charge in [-0.1, -0.05) is 42.5 Å². The van der Waals surface area contributed by atoms with E-state index in [1.807, 2.05) is 41.1 Å². The number of amides is 2. The number of benzene rings is 2. The Kier molecular flexibility index (Phi) is 8.45. The zero-order valence-corrected chi connectivity index (χ0v) is 21.2. The summed E-state index contributed by atoms with van der Waals surface area (Å²) >= 11 is 0. The highest BCUT2D eigenvalue weighted by molar-refractivity contribution is 5.96. The second-order valence-electron chi connectivity index (χ2n) is 10.0. The third-order valence-corrected chi connectivity index (χ3v) is 7.63. The quantitative estimate of drug-likeness (QED) is 0.663. The summed E-state index contributed by atoms with van der Waals surface area (Å²) in [7, 11) is 1.93. The highest BCUT2D eigenvalue weighted by Gasteiger charge is 2.42. The van der Waals surface area contributed by atoms with Crippen molar-refractivity contribution in [1.82, 2.24) is 14.7 Å². The highest BCUT2D eigenvalue weighted by Crippen LogP contribution is 2.36. The van der Waals surface area contributed by atoms with Crippen LogP contribution >= 0.6 is 0 Å². The maximum absolute atomic E-state index is 13.6. The number of ether oxygens (including phenoxy) is 1. The predicted molar refractivity (Wildman–Crippen MR) is 139 cm³/mol. The van der Waals surface area contributed by atoms with Gasteiger partial charge in [0.15, 0.2) is 0 Å². The van der Waals surface area contributed by atoms with Crippen molar-refractivity contribution >= 4 is 11.8 Å². The molecule has 6 nitrogen and oxygen atoms in total. The summed E-state index contributed by atoms with van der Waals surface area (Å²) in [6, 6.07) is 18.1. The largest absolute Gasteiger partial charge is 0.491 e. The Balaban J connectivity index is 1.58. The topological polar surface area (TPSA) is 53.1 Å². The first-order chi connectivity index (χ1) is 17.0. The summed E-state index contributed by atoms with van der Waals surface area (Å²) in [4.78, 5) is 32.2. The molecule has 1 atom stereocenters. The molecule has 1 saturated heterocycles. The van der Waals surface area contributed by atoms with Crippen LogP contribution in [0.15, 0.2) is 54.6 Å². The van der Waals surface area contributed by atoms with Crippen molar-refractivity contribution in [1.29, 1.82) is 0 Å². The molecule has 0 aliphatic carbocycles. The second-order valence-corrected chi connectivity index (χ2v) is 10.0. The van der Waals surface area contributed by atoms with Crippen molar-refractivity contribution in [3.63, 3.8) is 0 Å². The molecule has 2 aliphatic heterocycles. The molecule has 1 fully saturated rings.